The highest BCUT2D eigenvalue weighted by molar-refractivity contribution is 5.77. The second kappa shape index (κ2) is 10.6. The van der Waals surface area contributed by atoms with E-state index >= 15 is 0 Å². The Bertz CT molecular complexity index is 1180. The molecule has 2 aliphatic rings. The number of ether oxygens (including phenoxy) is 1. The Kier molecular flexibility index (Phi) is 7.10. The fourth-order valence-corrected chi connectivity index (χ4v) is 4.62. The summed E-state index contributed by atoms with van der Waals surface area (Å²) in [6, 6.07) is 4.20. The molecule has 0 spiro atoms. The minimum absolute atomic E-state index is 0.249. The molecule has 0 saturated carbocycles. The highest BCUT2D eigenvalue weighted by Crippen LogP contribution is 2.39. The molecule has 2 aliphatic heterocycles. The molecule has 2 N–H and O–H groups in total. The van der Waals surface area contributed by atoms with Crippen LogP contribution >= 0.6 is 0 Å². The van der Waals surface area contributed by atoms with Crippen LogP contribution in [0.5, 0.6) is 0 Å². The Hall–Kier alpha value is -3.57. The Morgan fingerprint density at radius 2 is 1.78 bits per heavy atom. The van der Waals surface area contributed by atoms with E-state index in [4.69, 9.17) is 20.4 Å². The maximum absolute atomic E-state index is 5.75. The van der Waals surface area contributed by atoms with Gasteiger partial charge in [-0.15, -0.1) is 0 Å². The Balaban J connectivity index is 1.49. The summed E-state index contributed by atoms with van der Waals surface area (Å²) in [5.74, 6) is 2.82. The third-order valence-corrected chi connectivity index (χ3v) is 6.58. The van der Waals surface area contributed by atoms with Crippen molar-refractivity contribution in [2.24, 2.45) is 0 Å². The second-order valence-electron chi connectivity index (χ2n) is 9.46. The van der Waals surface area contributed by atoms with E-state index in [1.54, 1.807) is 12.4 Å². The van der Waals surface area contributed by atoms with Crippen molar-refractivity contribution in [1.82, 2.24) is 29.8 Å². The van der Waals surface area contributed by atoms with Crippen molar-refractivity contribution >= 4 is 29.2 Å². The number of nitrogen functional groups attached to an aromatic ring is 1. The van der Waals surface area contributed by atoms with Crippen molar-refractivity contribution in [2.75, 3.05) is 87.5 Å². The largest absolute Gasteiger partial charge is 0.378 e. The molecular weight excluding hydrogens is 456 g/mol. The first-order valence-electron chi connectivity index (χ1n) is 12.4. The van der Waals surface area contributed by atoms with Gasteiger partial charge in [-0.1, -0.05) is 0 Å². The average molecular weight is 491 g/mol. The molecule has 190 valence electrons. The number of anilines is 5. The standard InChI is InChI=1S/C25H34N10O/c1-32(2)8-4-9-33(3)21-15-19(5-7-27-21)35-10-6-20-22(18-16-28-24(26)29-17-18)30-25(31-23(20)35)34-11-13-36-14-12-34/h5,7,15-17H,4,6,8-14H2,1-3H3,(H2,26,28,29). The third-order valence-electron chi connectivity index (χ3n) is 6.58. The van der Waals surface area contributed by atoms with Gasteiger partial charge < -0.3 is 30.1 Å². The summed E-state index contributed by atoms with van der Waals surface area (Å²) >= 11 is 0. The van der Waals surface area contributed by atoms with Gasteiger partial charge in [0.15, 0.2) is 0 Å². The maximum Gasteiger partial charge on any atom is 0.228 e. The van der Waals surface area contributed by atoms with E-state index in [1.165, 1.54) is 0 Å². The molecule has 1 saturated heterocycles. The zero-order chi connectivity index (χ0) is 25.1. The summed E-state index contributed by atoms with van der Waals surface area (Å²) in [7, 11) is 6.29. The van der Waals surface area contributed by atoms with Gasteiger partial charge in [-0.3, -0.25) is 0 Å². The lowest BCUT2D eigenvalue weighted by molar-refractivity contribution is 0.122. The molecule has 0 aliphatic carbocycles. The van der Waals surface area contributed by atoms with Gasteiger partial charge in [-0.2, -0.15) is 4.98 Å². The summed E-state index contributed by atoms with van der Waals surface area (Å²) in [6.07, 6.45) is 7.26. The van der Waals surface area contributed by atoms with Gasteiger partial charge in [0, 0.05) is 74.7 Å². The van der Waals surface area contributed by atoms with Crippen molar-refractivity contribution in [3.63, 3.8) is 0 Å². The van der Waals surface area contributed by atoms with Gasteiger partial charge in [0.2, 0.25) is 11.9 Å². The maximum atomic E-state index is 5.75. The smallest absolute Gasteiger partial charge is 0.228 e. The zero-order valence-corrected chi connectivity index (χ0v) is 21.3. The fourth-order valence-electron chi connectivity index (χ4n) is 4.62. The minimum atomic E-state index is 0.249. The van der Waals surface area contributed by atoms with E-state index in [1.807, 2.05) is 6.20 Å². The molecule has 0 unspecified atom stereocenters. The third kappa shape index (κ3) is 5.17. The SMILES string of the molecule is CN(C)CCCN(C)c1cc(N2CCc3c(-c4cnc(N)nc4)nc(N4CCOCC4)nc32)ccn1. The number of morpholine rings is 1. The number of hydrogen-bond donors (Lipinski definition) is 1. The predicted molar refractivity (Wildman–Crippen MR) is 142 cm³/mol. The molecule has 3 aromatic rings. The number of rotatable bonds is 8. The van der Waals surface area contributed by atoms with Gasteiger partial charge >= 0.3 is 0 Å². The van der Waals surface area contributed by atoms with Crippen LogP contribution in [0.1, 0.15) is 12.0 Å². The molecule has 0 radical (unpaired) electrons. The highest BCUT2D eigenvalue weighted by Gasteiger charge is 2.29. The fraction of sp³-hybridized carbons (Fsp3) is 0.480. The average Bonchev–Trinajstić information content (AvgIpc) is 3.33. The lowest BCUT2D eigenvalue weighted by Gasteiger charge is -2.28. The number of nitrogens with two attached hydrogens (primary N) is 1. The summed E-state index contributed by atoms with van der Waals surface area (Å²) in [4.78, 5) is 31.9. The molecule has 0 aromatic carbocycles. The molecule has 1 fully saturated rings. The number of nitrogens with zero attached hydrogens (tertiary/aromatic N) is 9. The van der Waals surface area contributed by atoms with E-state index in [-0.39, 0.29) is 5.95 Å². The summed E-state index contributed by atoms with van der Waals surface area (Å²) < 4.78 is 5.55. The van der Waals surface area contributed by atoms with Crippen molar-refractivity contribution in [3.05, 3.63) is 36.3 Å². The van der Waals surface area contributed by atoms with Crippen molar-refractivity contribution < 1.29 is 4.74 Å². The molecular formula is C25H34N10O. The van der Waals surface area contributed by atoms with E-state index in [9.17, 15) is 0 Å². The molecule has 0 atom stereocenters. The van der Waals surface area contributed by atoms with Crippen LogP contribution in [0.4, 0.5) is 29.2 Å². The van der Waals surface area contributed by atoms with E-state index < -0.39 is 0 Å². The topological polar surface area (TPSA) is 113 Å². The Morgan fingerprint density at radius 3 is 2.53 bits per heavy atom. The van der Waals surface area contributed by atoms with E-state index in [0.29, 0.717) is 19.2 Å². The van der Waals surface area contributed by atoms with Crippen molar-refractivity contribution in [1.29, 1.82) is 0 Å². The Labute approximate surface area is 212 Å². The Morgan fingerprint density at radius 1 is 1.00 bits per heavy atom. The van der Waals surface area contributed by atoms with Crippen LogP contribution in [0.15, 0.2) is 30.7 Å². The molecule has 36 heavy (non-hydrogen) atoms. The lowest BCUT2D eigenvalue weighted by atomic mass is 10.1. The quantitative estimate of drug-likeness (QED) is 0.499. The molecule has 11 heteroatoms. The van der Waals surface area contributed by atoms with Crippen molar-refractivity contribution in [2.45, 2.75) is 12.8 Å². The molecule has 0 amide bonds. The van der Waals surface area contributed by atoms with Crippen LogP contribution in [0.3, 0.4) is 0 Å². The molecule has 3 aromatic heterocycles. The minimum Gasteiger partial charge on any atom is -0.378 e. The van der Waals surface area contributed by atoms with Crippen LogP contribution in [-0.2, 0) is 11.2 Å². The highest BCUT2D eigenvalue weighted by atomic mass is 16.5. The molecule has 11 nitrogen and oxygen atoms in total. The second-order valence-corrected chi connectivity index (χ2v) is 9.46. The van der Waals surface area contributed by atoms with Crippen LogP contribution in [0.2, 0.25) is 0 Å². The lowest BCUT2D eigenvalue weighted by Crippen LogP contribution is -2.37. The number of aromatic nitrogens is 5. The first-order chi connectivity index (χ1) is 17.5. The van der Waals surface area contributed by atoms with Crippen LogP contribution in [0.25, 0.3) is 11.3 Å². The summed E-state index contributed by atoms with van der Waals surface area (Å²) in [5.41, 5.74) is 9.62. The number of fused-ring (bicyclic) bond motifs is 1. The van der Waals surface area contributed by atoms with Crippen molar-refractivity contribution in [3.8, 4) is 11.3 Å². The van der Waals surface area contributed by atoms with Crippen LogP contribution < -0.4 is 20.4 Å². The van der Waals surface area contributed by atoms with E-state index in [2.05, 4.69) is 67.8 Å². The zero-order valence-electron chi connectivity index (χ0n) is 21.3. The normalized spacial score (nSPS) is 15.4. The van der Waals surface area contributed by atoms with Gasteiger partial charge in [-0.25, -0.2) is 19.9 Å². The first-order valence-corrected chi connectivity index (χ1v) is 12.4. The van der Waals surface area contributed by atoms with Gasteiger partial charge in [0.25, 0.3) is 0 Å². The molecule has 5 rings (SSSR count). The predicted octanol–water partition coefficient (Wildman–Crippen LogP) is 1.83. The monoisotopic (exact) mass is 490 g/mol. The molecule has 5 heterocycles. The number of hydrogen-bond acceptors (Lipinski definition) is 11. The van der Waals surface area contributed by atoms with Gasteiger partial charge in [-0.05, 0) is 39.5 Å². The molecule has 0 bridgehead atoms. The summed E-state index contributed by atoms with van der Waals surface area (Å²) in [6.45, 7) is 5.64. The first kappa shape index (κ1) is 24.1. The van der Waals surface area contributed by atoms with Crippen LogP contribution in [0, 0.1) is 0 Å². The summed E-state index contributed by atoms with van der Waals surface area (Å²) in [5, 5.41) is 0. The number of pyridine rings is 1. The van der Waals surface area contributed by atoms with Gasteiger partial charge in [0.1, 0.15) is 11.6 Å². The van der Waals surface area contributed by atoms with Gasteiger partial charge in [0.05, 0.1) is 18.9 Å². The van der Waals surface area contributed by atoms with E-state index in [0.717, 1.165) is 79.7 Å². The van der Waals surface area contributed by atoms with Crippen LogP contribution in [-0.4, -0.2) is 96.9 Å².